The van der Waals surface area contributed by atoms with E-state index in [0.29, 0.717) is 12.0 Å². The van der Waals surface area contributed by atoms with Crippen LogP contribution in [0.3, 0.4) is 0 Å². The van der Waals surface area contributed by atoms with Crippen LogP contribution in [0.25, 0.3) is 0 Å². The lowest BCUT2D eigenvalue weighted by Crippen LogP contribution is -2.64. The lowest BCUT2D eigenvalue weighted by Gasteiger charge is -2.39. The molecule has 0 saturated heterocycles. The summed E-state index contributed by atoms with van der Waals surface area (Å²) in [6.07, 6.45) is 4.95. The summed E-state index contributed by atoms with van der Waals surface area (Å²) in [5.74, 6) is 1.11. The van der Waals surface area contributed by atoms with Crippen LogP contribution in [0.2, 0.25) is 0 Å². The van der Waals surface area contributed by atoms with Crippen LogP contribution in [0.5, 0.6) is 0 Å². The summed E-state index contributed by atoms with van der Waals surface area (Å²) >= 11 is 0. The number of hydrogen-bond donors (Lipinski definition) is 2. The molecule has 2 aliphatic rings. The van der Waals surface area contributed by atoms with Gasteiger partial charge in [0, 0.05) is 19.1 Å². The first kappa shape index (κ1) is 14.8. The molecule has 1 unspecified atom stereocenters. The molecule has 4 heteroatoms. The molecule has 1 amide bonds. The van der Waals surface area contributed by atoms with E-state index in [2.05, 4.69) is 31.0 Å². The van der Waals surface area contributed by atoms with E-state index in [-0.39, 0.29) is 5.91 Å². The highest BCUT2D eigenvalue weighted by Gasteiger charge is 2.50. The molecule has 2 rings (SSSR count). The van der Waals surface area contributed by atoms with E-state index in [1.807, 2.05) is 0 Å². The van der Waals surface area contributed by atoms with Gasteiger partial charge in [-0.3, -0.25) is 9.69 Å². The van der Waals surface area contributed by atoms with Crippen LogP contribution in [0, 0.1) is 11.8 Å². The largest absolute Gasteiger partial charge is 0.368 e. The molecule has 19 heavy (non-hydrogen) atoms. The van der Waals surface area contributed by atoms with Gasteiger partial charge in [0.25, 0.3) is 0 Å². The number of nitrogens with two attached hydrogens (primary N) is 1. The highest BCUT2D eigenvalue weighted by atomic mass is 16.1. The Hall–Kier alpha value is -0.610. The molecule has 4 nitrogen and oxygen atoms in total. The standard InChI is InChI=1S/C15H29N3O/c1-4-17-15(14(16)19,13-7-8-13)10-18(11(2)3)9-12-5-6-12/h11-13,17H,4-10H2,1-3H3,(H2,16,19). The summed E-state index contributed by atoms with van der Waals surface area (Å²) in [5.41, 5.74) is 5.26. The summed E-state index contributed by atoms with van der Waals surface area (Å²) < 4.78 is 0. The Morgan fingerprint density at radius 3 is 2.37 bits per heavy atom. The van der Waals surface area contributed by atoms with Crippen LogP contribution >= 0.6 is 0 Å². The Labute approximate surface area is 117 Å². The number of primary amides is 1. The molecule has 0 aromatic heterocycles. The van der Waals surface area contributed by atoms with Gasteiger partial charge in [-0.1, -0.05) is 6.92 Å². The quantitative estimate of drug-likeness (QED) is 0.663. The van der Waals surface area contributed by atoms with Crippen LogP contribution in [0.4, 0.5) is 0 Å². The molecule has 0 heterocycles. The van der Waals surface area contributed by atoms with Crippen LogP contribution in [0.15, 0.2) is 0 Å². The average Bonchev–Trinajstić information content (AvgIpc) is 3.19. The minimum absolute atomic E-state index is 0.168. The third-order valence-electron chi connectivity index (χ3n) is 4.58. The molecular formula is C15H29N3O. The Morgan fingerprint density at radius 1 is 1.37 bits per heavy atom. The minimum atomic E-state index is -0.506. The van der Waals surface area contributed by atoms with Crippen molar-refractivity contribution in [2.24, 2.45) is 17.6 Å². The van der Waals surface area contributed by atoms with Gasteiger partial charge in [0.1, 0.15) is 5.54 Å². The second-order valence-electron chi connectivity index (χ2n) is 6.61. The highest BCUT2D eigenvalue weighted by molar-refractivity contribution is 5.86. The Kier molecular flexibility index (Phi) is 4.51. The lowest BCUT2D eigenvalue weighted by atomic mass is 9.90. The molecule has 0 aliphatic heterocycles. The van der Waals surface area contributed by atoms with Crippen molar-refractivity contribution >= 4 is 5.91 Å². The molecule has 110 valence electrons. The van der Waals surface area contributed by atoms with Crippen molar-refractivity contribution < 1.29 is 4.79 Å². The number of carbonyl (C=O) groups excluding carboxylic acids is 1. The fourth-order valence-corrected chi connectivity index (χ4v) is 3.00. The fraction of sp³-hybridized carbons (Fsp3) is 0.933. The Morgan fingerprint density at radius 2 is 2.00 bits per heavy atom. The van der Waals surface area contributed by atoms with E-state index < -0.39 is 5.54 Å². The monoisotopic (exact) mass is 267 g/mol. The van der Waals surface area contributed by atoms with Crippen LogP contribution in [0.1, 0.15) is 46.5 Å². The van der Waals surface area contributed by atoms with Crippen molar-refractivity contribution in [2.45, 2.75) is 58.0 Å². The fourth-order valence-electron chi connectivity index (χ4n) is 3.00. The third-order valence-corrected chi connectivity index (χ3v) is 4.58. The molecule has 2 fully saturated rings. The van der Waals surface area contributed by atoms with Gasteiger partial charge in [0.05, 0.1) is 0 Å². The lowest BCUT2D eigenvalue weighted by molar-refractivity contribution is -0.126. The molecule has 0 bridgehead atoms. The second kappa shape index (κ2) is 5.80. The van der Waals surface area contributed by atoms with Crippen LogP contribution in [-0.4, -0.2) is 42.0 Å². The number of likely N-dealkylation sites (N-methyl/N-ethyl adjacent to an activating group) is 1. The molecular weight excluding hydrogens is 238 g/mol. The van der Waals surface area contributed by atoms with Gasteiger partial charge >= 0.3 is 0 Å². The van der Waals surface area contributed by atoms with Crippen LogP contribution < -0.4 is 11.1 Å². The Balaban J connectivity index is 2.09. The zero-order valence-corrected chi connectivity index (χ0v) is 12.6. The zero-order chi connectivity index (χ0) is 14.0. The van der Waals surface area contributed by atoms with E-state index >= 15 is 0 Å². The normalized spacial score (nSPS) is 22.8. The van der Waals surface area contributed by atoms with E-state index in [4.69, 9.17) is 5.73 Å². The van der Waals surface area contributed by atoms with Crippen molar-refractivity contribution in [1.29, 1.82) is 0 Å². The van der Waals surface area contributed by atoms with E-state index in [1.165, 1.54) is 12.8 Å². The summed E-state index contributed by atoms with van der Waals surface area (Å²) in [6.45, 7) is 9.18. The average molecular weight is 267 g/mol. The number of carbonyl (C=O) groups is 1. The number of amides is 1. The van der Waals surface area contributed by atoms with Crippen molar-refractivity contribution in [3.05, 3.63) is 0 Å². The molecule has 0 radical (unpaired) electrons. The molecule has 2 aliphatic carbocycles. The summed E-state index contributed by atoms with van der Waals surface area (Å²) in [5, 5.41) is 3.42. The molecule has 0 spiro atoms. The van der Waals surface area contributed by atoms with Crippen LogP contribution in [-0.2, 0) is 4.79 Å². The second-order valence-corrected chi connectivity index (χ2v) is 6.61. The maximum atomic E-state index is 12.1. The Bertz CT molecular complexity index is 323. The van der Waals surface area contributed by atoms with E-state index in [9.17, 15) is 4.79 Å². The SMILES string of the molecule is CCNC(CN(CC1CC1)C(C)C)(C(N)=O)C1CC1. The third kappa shape index (κ3) is 3.48. The first-order valence-electron chi connectivity index (χ1n) is 7.78. The highest BCUT2D eigenvalue weighted by Crippen LogP contribution is 2.41. The van der Waals surface area contributed by atoms with Gasteiger partial charge in [-0.25, -0.2) is 0 Å². The number of nitrogens with one attached hydrogen (secondary N) is 1. The van der Waals surface area contributed by atoms with Crippen molar-refractivity contribution in [2.75, 3.05) is 19.6 Å². The van der Waals surface area contributed by atoms with Gasteiger partial charge < -0.3 is 11.1 Å². The van der Waals surface area contributed by atoms with Crippen molar-refractivity contribution in [1.82, 2.24) is 10.2 Å². The zero-order valence-electron chi connectivity index (χ0n) is 12.6. The summed E-state index contributed by atoms with van der Waals surface area (Å²) in [4.78, 5) is 14.5. The summed E-state index contributed by atoms with van der Waals surface area (Å²) in [7, 11) is 0. The number of rotatable bonds is 9. The molecule has 2 saturated carbocycles. The molecule has 0 aromatic rings. The summed E-state index contributed by atoms with van der Waals surface area (Å²) in [6, 6.07) is 0.469. The van der Waals surface area contributed by atoms with E-state index in [1.54, 1.807) is 0 Å². The molecule has 0 aromatic carbocycles. The van der Waals surface area contributed by atoms with Gasteiger partial charge in [-0.15, -0.1) is 0 Å². The van der Waals surface area contributed by atoms with Crippen molar-refractivity contribution in [3.63, 3.8) is 0 Å². The maximum absolute atomic E-state index is 12.1. The topological polar surface area (TPSA) is 58.4 Å². The van der Waals surface area contributed by atoms with Gasteiger partial charge in [0.15, 0.2) is 0 Å². The number of hydrogen-bond acceptors (Lipinski definition) is 3. The predicted molar refractivity (Wildman–Crippen MR) is 77.8 cm³/mol. The van der Waals surface area contributed by atoms with Crippen molar-refractivity contribution in [3.8, 4) is 0 Å². The first-order chi connectivity index (χ1) is 8.99. The van der Waals surface area contributed by atoms with E-state index in [0.717, 1.165) is 38.4 Å². The van der Waals surface area contributed by atoms with Gasteiger partial charge in [-0.05, 0) is 57.9 Å². The molecule has 3 N–H and O–H groups in total. The molecule has 1 atom stereocenters. The number of nitrogens with zero attached hydrogens (tertiary/aromatic N) is 1. The first-order valence-corrected chi connectivity index (χ1v) is 7.78. The van der Waals surface area contributed by atoms with Gasteiger partial charge in [-0.2, -0.15) is 0 Å². The maximum Gasteiger partial charge on any atom is 0.239 e. The smallest absolute Gasteiger partial charge is 0.239 e. The minimum Gasteiger partial charge on any atom is -0.368 e. The van der Waals surface area contributed by atoms with Gasteiger partial charge in [0.2, 0.25) is 5.91 Å². The predicted octanol–water partition coefficient (Wildman–Crippen LogP) is 1.35.